The van der Waals surface area contributed by atoms with Gasteiger partial charge in [0, 0.05) is 11.1 Å². The Kier molecular flexibility index (Phi) is 9.17. The van der Waals surface area contributed by atoms with Gasteiger partial charge in [0.1, 0.15) is 5.82 Å². The quantitative estimate of drug-likeness (QED) is 0.235. The van der Waals surface area contributed by atoms with E-state index >= 15 is 0 Å². The number of carbonyl (C=O) groups is 1. The van der Waals surface area contributed by atoms with E-state index in [0.717, 1.165) is 12.8 Å². The molecule has 1 aromatic rings. The maximum absolute atomic E-state index is 13.3. The van der Waals surface area contributed by atoms with Gasteiger partial charge in [-0.25, -0.2) is 9.18 Å². The van der Waals surface area contributed by atoms with Gasteiger partial charge in [0.15, 0.2) is 0 Å². The number of rotatable bonds is 9. The van der Waals surface area contributed by atoms with E-state index in [2.05, 4.69) is 6.92 Å². The van der Waals surface area contributed by atoms with Crippen LogP contribution in [0.3, 0.4) is 0 Å². The summed E-state index contributed by atoms with van der Waals surface area (Å²) in [6, 6.07) is 2.49. The fourth-order valence-electron chi connectivity index (χ4n) is 1.93. The molecule has 0 aliphatic heterocycles. The largest absolute Gasteiger partial charge is 0.463 e. The van der Waals surface area contributed by atoms with Crippen LogP contribution >= 0.6 is 23.2 Å². The van der Waals surface area contributed by atoms with Gasteiger partial charge in [-0.3, -0.25) is 0 Å². The molecule has 0 aromatic heterocycles. The first-order valence-electron chi connectivity index (χ1n) is 7.54. The normalized spacial score (nSPS) is 11.1. The molecule has 0 saturated carbocycles. The van der Waals surface area contributed by atoms with Crippen LogP contribution in [0.5, 0.6) is 0 Å². The van der Waals surface area contributed by atoms with E-state index in [1.165, 1.54) is 50.0 Å². The third-order valence-corrected chi connectivity index (χ3v) is 3.80. The minimum absolute atomic E-state index is 0.0483. The SMILES string of the molecule is CCCCCCCCOC(=O)/C=C/c1cc(F)c(Cl)cc1Cl. The van der Waals surface area contributed by atoms with Gasteiger partial charge in [0.25, 0.3) is 0 Å². The van der Waals surface area contributed by atoms with Gasteiger partial charge in [0.05, 0.1) is 11.6 Å². The molecule has 2 nitrogen and oxygen atoms in total. The first-order valence-corrected chi connectivity index (χ1v) is 8.29. The van der Waals surface area contributed by atoms with Crippen molar-refractivity contribution in [1.29, 1.82) is 0 Å². The van der Waals surface area contributed by atoms with Crippen LogP contribution in [0.4, 0.5) is 4.39 Å². The minimum Gasteiger partial charge on any atom is -0.463 e. The van der Waals surface area contributed by atoms with Crippen molar-refractivity contribution in [3.63, 3.8) is 0 Å². The molecule has 0 atom stereocenters. The predicted octanol–water partition coefficient (Wildman–Crippen LogP) is 6.05. The van der Waals surface area contributed by atoms with Crippen LogP contribution in [-0.2, 0) is 9.53 Å². The van der Waals surface area contributed by atoms with Crippen molar-refractivity contribution in [2.45, 2.75) is 45.4 Å². The van der Waals surface area contributed by atoms with E-state index in [4.69, 9.17) is 27.9 Å². The molecule has 0 bridgehead atoms. The van der Waals surface area contributed by atoms with Crippen molar-refractivity contribution in [3.8, 4) is 0 Å². The summed E-state index contributed by atoms with van der Waals surface area (Å²) in [5.74, 6) is -1.04. The highest BCUT2D eigenvalue weighted by Crippen LogP contribution is 2.25. The third kappa shape index (κ3) is 7.28. The molecule has 1 rings (SSSR count). The molecule has 0 fully saturated rings. The summed E-state index contributed by atoms with van der Waals surface area (Å²) in [4.78, 5) is 11.5. The summed E-state index contributed by atoms with van der Waals surface area (Å²) in [6.45, 7) is 2.57. The summed E-state index contributed by atoms with van der Waals surface area (Å²) in [5, 5.41) is 0.235. The number of benzene rings is 1. The Morgan fingerprint density at radius 1 is 1.14 bits per heavy atom. The van der Waals surface area contributed by atoms with Crippen molar-refractivity contribution >= 4 is 35.2 Å². The van der Waals surface area contributed by atoms with E-state index in [-0.39, 0.29) is 10.0 Å². The highest BCUT2D eigenvalue weighted by molar-refractivity contribution is 6.35. The van der Waals surface area contributed by atoms with Crippen molar-refractivity contribution in [2.24, 2.45) is 0 Å². The summed E-state index contributed by atoms with van der Waals surface area (Å²) in [7, 11) is 0. The molecule has 0 N–H and O–H groups in total. The number of ether oxygens (including phenoxy) is 1. The Balaban J connectivity index is 2.31. The topological polar surface area (TPSA) is 26.3 Å². The second kappa shape index (κ2) is 10.6. The lowest BCUT2D eigenvalue weighted by atomic mass is 10.1. The molecule has 0 spiro atoms. The molecule has 0 aliphatic carbocycles. The molecule has 0 unspecified atom stereocenters. The second-order valence-corrected chi connectivity index (χ2v) is 5.87. The van der Waals surface area contributed by atoms with Crippen LogP contribution in [0.15, 0.2) is 18.2 Å². The lowest BCUT2D eigenvalue weighted by molar-refractivity contribution is -0.137. The van der Waals surface area contributed by atoms with Gasteiger partial charge in [-0.1, -0.05) is 62.2 Å². The average Bonchev–Trinajstić information content (AvgIpc) is 2.48. The molecule has 0 radical (unpaired) electrons. The molecule has 22 heavy (non-hydrogen) atoms. The van der Waals surface area contributed by atoms with Crippen LogP contribution in [0.2, 0.25) is 10.0 Å². The van der Waals surface area contributed by atoms with Crippen molar-refractivity contribution in [2.75, 3.05) is 6.61 Å². The fraction of sp³-hybridized carbons (Fsp3) is 0.471. The Morgan fingerprint density at radius 2 is 1.82 bits per heavy atom. The monoisotopic (exact) mass is 346 g/mol. The van der Waals surface area contributed by atoms with Gasteiger partial charge in [0.2, 0.25) is 0 Å². The summed E-state index contributed by atoms with van der Waals surface area (Å²) in [6.07, 6.45) is 9.45. The van der Waals surface area contributed by atoms with Gasteiger partial charge in [-0.2, -0.15) is 0 Å². The maximum Gasteiger partial charge on any atom is 0.330 e. The molecular formula is C17H21Cl2FO2. The molecule has 5 heteroatoms. The molecule has 0 aliphatic rings. The van der Waals surface area contributed by atoms with E-state index in [0.29, 0.717) is 12.2 Å². The maximum atomic E-state index is 13.3. The number of unbranched alkanes of at least 4 members (excludes halogenated alkanes) is 5. The number of halogens is 3. The van der Waals surface area contributed by atoms with Gasteiger partial charge < -0.3 is 4.74 Å². The van der Waals surface area contributed by atoms with Crippen LogP contribution in [0.1, 0.15) is 51.0 Å². The van der Waals surface area contributed by atoms with Crippen molar-refractivity contribution in [1.82, 2.24) is 0 Å². The minimum atomic E-state index is -0.578. The molecular weight excluding hydrogens is 326 g/mol. The molecule has 0 heterocycles. The number of hydrogen-bond donors (Lipinski definition) is 0. The fourth-order valence-corrected chi connectivity index (χ4v) is 2.37. The second-order valence-electron chi connectivity index (χ2n) is 5.06. The zero-order valence-electron chi connectivity index (χ0n) is 12.7. The molecule has 0 saturated heterocycles. The Labute approximate surface area is 141 Å². The van der Waals surface area contributed by atoms with E-state index in [1.807, 2.05) is 0 Å². The lowest BCUT2D eigenvalue weighted by Crippen LogP contribution is -2.02. The molecule has 122 valence electrons. The van der Waals surface area contributed by atoms with E-state index in [1.54, 1.807) is 0 Å². The van der Waals surface area contributed by atoms with Gasteiger partial charge >= 0.3 is 5.97 Å². The number of hydrogen-bond acceptors (Lipinski definition) is 2. The summed E-state index contributed by atoms with van der Waals surface area (Å²) >= 11 is 11.5. The smallest absolute Gasteiger partial charge is 0.330 e. The zero-order valence-corrected chi connectivity index (χ0v) is 14.2. The summed E-state index contributed by atoms with van der Waals surface area (Å²) in [5.41, 5.74) is 0.389. The molecule has 0 amide bonds. The van der Waals surface area contributed by atoms with Gasteiger partial charge in [-0.15, -0.1) is 0 Å². The van der Waals surface area contributed by atoms with Crippen molar-refractivity contribution in [3.05, 3.63) is 39.6 Å². The standard InChI is InChI=1S/C17H21Cl2FO2/c1-2-3-4-5-6-7-10-22-17(21)9-8-13-11-16(20)15(19)12-14(13)18/h8-9,11-12H,2-7,10H2,1H3/b9-8+. The number of carbonyl (C=O) groups excluding carboxylic acids is 1. The Morgan fingerprint density at radius 3 is 2.55 bits per heavy atom. The first-order chi connectivity index (χ1) is 10.5. The number of esters is 1. The van der Waals surface area contributed by atoms with Crippen molar-refractivity contribution < 1.29 is 13.9 Å². The average molecular weight is 347 g/mol. The van der Waals surface area contributed by atoms with Crippen LogP contribution in [-0.4, -0.2) is 12.6 Å². The third-order valence-electron chi connectivity index (χ3n) is 3.18. The van der Waals surface area contributed by atoms with Crippen LogP contribution < -0.4 is 0 Å². The van der Waals surface area contributed by atoms with Crippen LogP contribution in [0.25, 0.3) is 6.08 Å². The first kappa shape index (κ1) is 19.0. The Hall–Kier alpha value is -1.06. The van der Waals surface area contributed by atoms with E-state index in [9.17, 15) is 9.18 Å². The predicted molar refractivity (Wildman–Crippen MR) is 89.8 cm³/mol. The highest BCUT2D eigenvalue weighted by atomic mass is 35.5. The van der Waals surface area contributed by atoms with E-state index < -0.39 is 11.8 Å². The van der Waals surface area contributed by atoms with Crippen LogP contribution in [0, 0.1) is 5.82 Å². The van der Waals surface area contributed by atoms with Gasteiger partial charge in [-0.05, 0) is 30.2 Å². The lowest BCUT2D eigenvalue weighted by Gasteiger charge is -2.03. The Bertz CT molecular complexity index is 516. The summed E-state index contributed by atoms with van der Waals surface area (Å²) < 4.78 is 18.4. The zero-order chi connectivity index (χ0) is 16.4. The molecule has 1 aromatic carbocycles. The highest BCUT2D eigenvalue weighted by Gasteiger charge is 2.05.